The summed E-state index contributed by atoms with van der Waals surface area (Å²) < 4.78 is 9.49. The second-order valence-electron chi connectivity index (χ2n) is 2.30. The van der Waals surface area contributed by atoms with Gasteiger partial charge in [0.1, 0.15) is 5.75 Å². The smallest absolute Gasteiger partial charge is 0.343 e. The highest BCUT2D eigenvalue weighted by Gasteiger charge is 2.03. The molecule has 0 saturated heterocycles. The first-order valence-electron chi connectivity index (χ1n) is 3.68. The van der Waals surface area contributed by atoms with Gasteiger partial charge in [0.05, 0.1) is 12.1 Å². The highest BCUT2D eigenvalue weighted by atomic mass is 35.5. The van der Waals surface area contributed by atoms with E-state index in [-0.39, 0.29) is 6.61 Å². The third kappa shape index (κ3) is 2.95. The second kappa shape index (κ2) is 4.72. The quantitative estimate of drug-likeness (QED) is 0.699. The van der Waals surface area contributed by atoms with Gasteiger partial charge >= 0.3 is 5.97 Å². The van der Waals surface area contributed by atoms with Crippen LogP contribution in [0.15, 0.2) is 24.3 Å². The molecule has 0 spiro atoms. The van der Waals surface area contributed by atoms with Gasteiger partial charge in [-0.15, -0.1) is 0 Å². The number of ether oxygens (including phenoxy) is 2. The monoisotopic (exact) mass is 200 g/mol. The summed E-state index contributed by atoms with van der Waals surface area (Å²) in [5.74, 6) is 0.0505. The Morgan fingerprint density at radius 2 is 2.15 bits per heavy atom. The molecular weight excluding hydrogens is 192 g/mol. The average Bonchev–Trinajstić information content (AvgIpc) is 2.16. The molecule has 0 radical (unpaired) electrons. The number of hydrogen-bond acceptors (Lipinski definition) is 3. The van der Waals surface area contributed by atoms with Crippen LogP contribution in [0.1, 0.15) is 0 Å². The van der Waals surface area contributed by atoms with Crippen molar-refractivity contribution in [2.75, 3.05) is 13.7 Å². The van der Waals surface area contributed by atoms with Gasteiger partial charge in [-0.2, -0.15) is 0 Å². The van der Waals surface area contributed by atoms with Gasteiger partial charge in [-0.05, 0) is 12.1 Å². The SMILES string of the molecule is COC(=O)COc1ccccc1Cl. The molecule has 0 bridgehead atoms. The lowest BCUT2D eigenvalue weighted by Crippen LogP contribution is -2.12. The zero-order valence-electron chi connectivity index (χ0n) is 7.12. The lowest BCUT2D eigenvalue weighted by atomic mass is 10.3. The van der Waals surface area contributed by atoms with E-state index in [1.54, 1.807) is 24.3 Å². The summed E-state index contributed by atoms with van der Waals surface area (Å²) in [7, 11) is 1.30. The van der Waals surface area contributed by atoms with Crippen LogP contribution in [0, 0.1) is 0 Å². The Balaban J connectivity index is 2.54. The van der Waals surface area contributed by atoms with Crippen molar-refractivity contribution in [3.63, 3.8) is 0 Å². The molecule has 0 N–H and O–H groups in total. The molecule has 4 heteroatoms. The van der Waals surface area contributed by atoms with Crippen molar-refractivity contribution >= 4 is 17.6 Å². The van der Waals surface area contributed by atoms with E-state index < -0.39 is 5.97 Å². The number of para-hydroxylation sites is 1. The van der Waals surface area contributed by atoms with E-state index in [4.69, 9.17) is 16.3 Å². The predicted molar refractivity (Wildman–Crippen MR) is 49.0 cm³/mol. The number of halogens is 1. The zero-order chi connectivity index (χ0) is 9.68. The molecule has 1 rings (SSSR count). The van der Waals surface area contributed by atoms with Crippen molar-refractivity contribution < 1.29 is 14.3 Å². The number of rotatable bonds is 3. The summed E-state index contributed by atoms with van der Waals surface area (Å²) in [6.07, 6.45) is 0. The number of carbonyl (C=O) groups is 1. The molecule has 1 aromatic carbocycles. The molecule has 70 valence electrons. The maximum Gasteiger partial charge on any atom is 0.343 e. The lowest BCUT2D eigenvalue weighted by molar-refractivity contribution is -0.142. The van der Waals surface area contributed by atoms with Crippen molar-refractivity contribution in [1.29, 1.82) is 0 Å². The van der Waals surface area contributed by atoms with Gasteiger partial charge in [0.2, 0.25) is 0 Å². The van der Waals surface area contributed by atoms with Crippen LogP contribution in [0.4, 0.5) is 0 Å². The van der Waals surface area contributed by atoms with E-state index in [1.165, 1.54) is 7.11 Å². The molecule has 0 fully saturated rings. The Bertz CT molecular complexity index is 299. The summed E-state index contributed by atoms with van der Waals surface area (Å²) in [5, 5.41) is 0.478. The first-order valence-corrected chi connectivity index (χ1v) is 4.06. The number of carbonyl (C=O) groups excluding carboxylic acids is 1. The minimum absolute atomic E-state index is 0.125. The molecule has 0 unspecified atom stereocenters. The van der Waals surface area contributed by atoms with Gasteiger partial charge < -0.3 is 9.47 Å². The van der Waals surface area contributed by atoms with Gasteiger partial charge in [-0.1, -0.05) is 23.7 Å². The highest BCUT2D eigenvalue weighted by molar-refractivity contribution is 6.32. The average molecular weight is 201 g/mol. The van der Waals surface area contributed by atoms with Crippen molar-refractivity contribution in [2.24, 2.45) is 0 Å². The van der Waals surface area contributed by atoms with Crippen LogP contribution in [0.3, 0.4) is 0 Å². The maximum atomic E-state index is 10.7. The molecule has 0 aliphatic rings. The van der Waals surface area contributed by atoms with E-state index in [0.29, 0.717) is 10.8 Å². The predicted octanol–water partition coefficient (Wildman–Crippen LogP) is 1.89. The minimum atomic E-state index is -0.431. The molecule has 0 aromatic heterocycles. The molecule has 13 heavy (non-hydrogen) atoms. The van der Waals surface area contributed by atoms with Crippen molar-refractivity contribution in [1.82, 2.24) is 0 Å². The van der Waals surface area contributed by atoms with Gasteiger partial charge in [0.15, 0.2) is 6.61 Å². The van der Waals surface area contributed by atoms with Crippen LogP contribution >= 0.6 is 11.6 Å². The molecule has 3 nitrogen and oxygen atoms in total. The Morgan fingerprint density at radius 3 is 2.77 bits per heavy atom. The molecule has 0 aliphatic carbocycles. The molecule has 0 heterocycles. The fourth-order valence-electron chi connectivity index (χ4n) is 0.757. The van der Waals surface area contributed by atoms with Crippen LogP contribution in [-0.4, -0.2) is 19.7 Å². The Morgan fingerprint density at radius 1 is 1.46 bits per heavy atom. The highest BCUT2D eigenvalue weighted by Crippen LogP contribution is 2.22. The third-order valence-electron chi connectivity index (χ3n) is 1.41. The fourth-order valence-corrected chi connectivity index (χ4v) is 0.948. The molecule has 0 atom stereocenters. The molecule has 0 amide bonds. The van der Waals surface area contributed by atoms with E-state index in [1.807, 2.05) is 0 Å². The lowest BCUT2D eigenvalue weighted by Gasteiger charge is -2.05. The topological polar surface area (TPSA) is 35.5 Å². The normalized spacial score (nSPS) is 9.38. The van der Waals surface area contributed by atoms with Gasteiger partial charge in [-0.3, -0.25) is 0 Å². The molecule has 1 aromatic rings. The van der Waals surface area contributed by atoms with E-state index >= 15 is 0 Å². The summed E-state index contributed by atoms with van der Waals surface area (Å²) >= 11 is 5.77. The van der Waals surface area contributed by atoms with Crippen LogP contribution in [0.5, 0.6) is 5.75 Å². The molecule has 0 saturated carbocycles. The van der Waals surface area contributed by atoms with Crippen molar-refractivity contribution in [3.8, 4) is 5.75 Å². The van der Waals surface area contributed by atoms with Crippen molar-refractivity contribution in [2.45, 2.75) is 0 Å². The first kappa shape index (κ1) is 9.86. The van der Waals surface area contributed by atoms with Gasteiger partial charge in [0, 0.05) is 0 Å². The minimum Gasteiger partial charge on any atom is -0.480 e. The third-order valence-corrected chi connectivity index (χ3v) is 1.72. The number of methoxy groups -OCH3 is 1. The van der Waals surface area contributed by atoms with E-state index in [9.17, 15) is 4.79 Å². The van der Waals surface area contributed by atoms with E-state index in [0.717, 1.165) is 0 Å². The van der Waals surface area contributed by atoms with Crippen molar-refractivity contribution in [3.05, 3.63) is 29.3 Å². The van der Waals surface area contributed by atoms with Crippen LogP contribution in [-0.2, 0) is 9.53 Å². The summed E-state index contributed by atoms with van der Waals surface area (Å²) in [4.78, 5) is 10.7. The van der Waals surface area contributed by atoms with E-state index in [2.05, 4.69) is 4.74 Å². The summed E-state index contributed by atoms with van der Waals surface area (Å²) in [6, 6.07) is 6.94. The summed E-state index contributed by atoms with van der Waals surface area (Å²) in [5.41, 5.74) is 0. The van der Waals surface area contributed by atoms with Crippen LogP contribution < -0.4 is 4.74 Å². The molecular formula is C9H9ClO3. The summed E-state index contributed by atoms with van der Waals surface area (Å²) in [6.45, 7) is -0.125. The number of benzene rings is 1. The fraction of sp³-hybridized carbons (Fsp3) is 0.222. The van der Waals surface area contributed by atoms with Crippen LogP contribution in [0.25, 0.3) is 0 Å². The number of esters is 1. The molecule has 0 aliphatic heterocycles. The van der Waals surface area contributed by atoms with Gasteiger partial charge in [0.25, 0.3) is 0 Å². The standard InChI is InChI=1S/C9H9ClO3/c1-12-9(11)6-13-8-5-3-2-4-7(8)10/h2-5H,6H2,1H3. The Kier molecular flexibility index (Phi) is 3.58. The second-order valence-corrected chi connectivity index (χ2v) is 2.70. The maximum absolute atomic E-state index is 10.7. The first-order chi connectivity index (χ1) is 6.24. The Labute approximate surface area is 81.2 Å². The van der Waals surface area contributed by atoms with Gasteiger partial charge in [-0.25, -0.2) is 4.79 Å². The van der Waals surface area contributed by atoms with Crippen LogP contribution in [0.2, 0.25) is 5.02 Å². The Hall–Kier alpha value is -1.22. The largest absolute Gasteiger partial charge is 0.480 e. The zero-order valence-corrected chi connectivity index (χ0v) is 7.88. The number of hydrogen-bond donors (Lipinski definition) is 0.